The number of hydrogen-bond donors (Lipinski definition) is 0. The summed E-state index contributed by atoms with van der Waals surface area (Å²) in [6.07, 6.45) is 5.48. The van der Waals surface area contributed by atoms with Gasteiger partial charge in [0, 0.05) is 6.42 Å². The molecule has 0 bridgehead atoms. The van der Waals surface area contributed by atoms with E-state index in [0.717, 1.165) is 18.8 Å². The van der Waals surface area contributed by atoms with Gasteiger partial charge in [0.05, 0.1) is 0 Å². The Morgan fingerprint density at radius 3 is 2.60 bits per heavy atom. The first-order valence-electron chi connectivity index (χ1n) is 6.16. The minimum Gasteiger partial charge on any atom is -0.462 e. The zero-order valence-corrected chi connectivity index (χ0v) is 10.1. The first-order chi connectivity index (χ1) is 6.97. The first kappa shape index (κ1) is 11.0. The third kappa shape index (κ3) is 2.35. The number of ether oxygens (including phenoxy) is 1. The summed E-state index contributed by atoms with van der Waals surface area (Å²) in [7, 11) is 0. The maximum absolute atomic E-state index is 11.2. The van der Waals surface area contributed by atoms with Crippen LogP contribution in [-0.2, 0) is 9.53 Å². The van der Waals surface area contributed by atoms with Crippen LogP contribution < -0.4 is 0 Å². The second-order valence-corrected chi connectivity index (χ2v) is 6.20. The standard InChI is InChI=1S/C13H22O2/c1-13(2,3)10-5-6-11-9(8-10)4-7-12(14)15-11/h9-11H,4-8H2,1-3H3/t9-,10-,11-/m0/s1. The van der Waals surface area contributed by atoms with Crippen LogP contribution in [0.5, 0.6) is 0 Å². The summed E-state index contributed by atoms with van der Waals surface area (Å²) in [6, 6.07) is 0. The van der Waals surface area contributed by atoms with Gasteiger partial charge in [0.2, 0.25) is 0 Å². The van der Waals surface area contributed by atoms with E-state index < -0.39 is 0 Å². The van der Waals surface area contributed by atoms with Gasteiger partial charge in [0.1, 0.15) is 6.10 Å². The van der Waals surface area contributed by atoms with Gasteiger partial charge in [-0.3, -0.25) is 4.79 Å². The van der Waals surface area contributed by atoms with Crippen molar-refractivity contribution in [3.63, 3.8) is 0 Å². The van der Waals surface area contributed by atoms with Crippen LogP contribution in [-0.4, -0.2) is 12.1 Å². The van der Waals surface area contributed by atoms with Gasteiger partial charge in [0.15, 0.2) is 0 Å². The summed E-state index contributed by atoms with van der Waals surface area (Å²) < 4.78 is 5.41. The lowest BCUT2D eigenvalue weighted by molar-refractivity contribution is -0.162. The van der Waals surface area contributed by atoms with E-state index in [9.17, 15) is 4.79 Å². The van der Waals surface area contributed by atoms with Crippen LogP contribution in [0.3, 0.4) is 0 Å². The number of fused-ring (bicyclic) bond motifs is 1. The fourth-order valence-corrected chi connectivity index (χ4v) is 3.01. The van der Waals surface area contributed by atoms with Gasteiger partial charge in [-0.15, -0.1) is 0 Å². The summed E-state index contributed by atoms with van der Waals surface area (Å²) in [5.41, 5.74) is 0.409. The minimum atomic E-state index is 0.0189. The zero-order chi connectivity index (χ0) is 11.1. The van der Waals surface area contributed by atoms with E-state index in [4.69, 9.17) is 4.74 Å². The molecule has 2 nitrogen and oxygen atoms in total. The summed E-state index contributed by atoms with van der Waals surface area (Å²) in [5, 5.41) is 0. The number of esters is 1. The Kier molecular flexibility index (Phi) is 2.78. The molecule has 1 heterocycles. The Bertz CT molecular complexity index is 252. The Hall–Kier alpha value is -0.530. The first-order valence-corrected chi connectivity index (χ1v) is 6.16. The molecule has 0 radical (unpaired) electrons. The fraction of sp³-hybridized carbons (Fsp3) is 0.923. The Morgan fingerprint density at radius 2 is 1.93 bits per heavy atom. The van der Waals surface area contributed by atoms with Crippen molar-refractivity contribution in [2.75, 3.05) is 0 Å². The van der Waals surface area contributed by atoms with Crippen molar-refractivity contribution in [1.29, 1.82) is 0 Å². The fourth-order valence-electron chi connectivity index (χ4n) is 3.01. The molecular formula is C13H22O2. The summed E-state index contributed by atoms with van der Waals surface area (Å²) in [6.45, 7) is 6.98. The molecule has 2 aliphatic rings. The van der Waals surface area contributed by atoms with Crippen molar-refractivity contribution < 1.29 is 9.53 Å². The molecule has 86 valence electrons. The van der Waals surface area contributed by atoms with Crippen LogP contribution in [0.2, 0.25) is 0 Å². The highest BCUT2D eigenvalue weighted by Gasteiger charge is 2.39. The molecule has 1 aliphatic heterocycles. The molecule has 0 N–H and O–H groups in total. The largest absolute Gasteiger partial charge is 0.462 e. The summed E-state index contributed by atoms with van der Waals surface area (Å²) >= 11 is 0. The van der Waals surface area contributed by atoms with Gasteiger partial charge in [-0.25, -0.2) is 0 Å². The molecule has 0 aromatic carbocycles. The molecule has 2 rings (SSSR count). The lowest BCUT2D eigenvalue weighted by atomic mass is 9.67. The van der Waals surface area contributed by atoms with Crippen LogP contribution in [0.4, 0.5) is 0 Å². The second kappa shape index (κ2) is 3.80. The normalized spacial score (nSPS) is 37.0. The number of carbonyl (C=O) groups is 1. The third-order valence-electron chi connectivity index (χ3n) is 4.14. The lowest BCUT2D eigenvalue weighted by Gasteiger charge is -2.43. The van der Waals surface area contributed by atoms with E-state index in [2.05, 4.69) is 20.8 Å². The van der Waals surface area contributed by atoms with Crippen LogP contribution >= 0.6 is 0 Å². The molecule has 0 aromatic heterocycles. The Labute approximate surface area is 92.4 Å². The molecule has 2 fully saturated rings. The highest BCUT2D eigenvalue weighted by Crippen LogP contribution is 2.44. The molecule has 2 heteroatoms. The minimum absolute atomic E-state index is 0.0189. The van der Waals surface area contributed by atoms with Gasteiger partial charge in [-0.1, -0.05) is 20.8 Å². The molecule has 0 amide bonds. The molecule has 3 atom stereocenters. The van der Waals surface area contributed by atoms with E-state index in [1.807, 2.05) is 0 Å². The topological polar surface area (TPSA) is 26.3 Å². The molecule has 1 aliphatic carbocycles. The molecule has 1 saturated carbocycles. The maximum atomic E-state index is 11.2. The molecule has 15 heavy (non-hydrogen) atoms. The highest BCUT2D eigenvalue weighted by molar-refractivity contribution is 5.70. The quantitative estimate of drug-likeness (QED) is 0.574. The Balaban J connectivity index is 1.98. The van der Waals surface area contributed by atoms with Crippen LogP contribution in [0.1, 0.15) is 52.9 Å². The van der Waals surface area contributed by atoms with E-state index in [0.29, 0.717) is 17.8 Å². The summed E-state index contributed by atoms with van der Waals surface area (Å²) in [4.78, 5) is 11.2. The van der Waals surface area contributed by atoms with Crippen molar-refractivity contribution in [2.24, 2.45) is 17.3 Å². The molecule has 1 saturated heterocycles. The average molecular weight is 210 g/mol. The predicted molar refractivity (Wildman–Crippen MR) is 59.4 cm³/mol. The SMILES string of the molecule is CC(C)(C)[C@H]1CC[C@@H]2OC(=O)CC[C@H]2C1. The van der Waals surface area contributed by atoms with Crippen LogP contribution in [0.15, 0.2) is 0 Å². The maximum Gasteiger partial charge on any atom is 0.306 e. The van der Waals surface area contributed by atoms with Crippen LogP contribution in [0, 0.1) is 17.3 Å². The van der Waals surface area contributed by atoms with E-state index >= 15 is 0 Å². The van der Waals surface area contributed by atoms with Crippen LogP contribution in [0.25, 0.3) is 0 Å². The summed E-state index contributed by atoms with van der Waals surface area (Å²) in [5.74, 6) is 1.46. The molecule has 0 spiro atoms. The van der Waals surface area contributed by atoms with Crippen molar-refractivity contribution in [3.05, 3.63) is 0 Å². The van der Waals surface area contributed by atoms with Gasteiger partial charge >= 0.3 is 5.97 Å². The van der Waals surface area contributed by atoms with Crippen molar-refractivity contribution >= 4 is 5.97 Å². The number of carbonyl (C=O) groups excluding carboxylic acids is 1. The van der Waals surface area contributed by atoms with Crippen molar-refractivity contribution in [1.82, 2.24) is 0 Å². The van der Waals surface area contributed by atoms with Gasteiger partial charge in [0.25, 0.3) is 0 Å². The molecular weight excluding hydrogens is 188 g/mol. The van der Waals surface area contributed by atoms with E-state index in [1.165, 1.54) is 12.8 Å². The van der Waals surface area contributed by atoms with Gasteiger partial charge < -0.3 is 4.74 Å². The van der Waals surface area contributed by atoms with E-state index in [-0.39, 0.29) is 12.1 Å². The van der Waals surface area contributed by atoms with Gasteiger partial charge in [-0.05, 0) is 42.9 Å². The Morgan fingerprint density at radius 1 is 1.20 bits per heavy atom. The van der Waals surface area contributed by atoms with Crippen molar-refractivity contribution in [2.45, 2.75) is 59.0 Å². The van der Waals surface area contributed by atoms with E-state index in [1.54, 1.807) is 0 Å². The number of rotatable bonds is 0. The zero-order valence-electron chi connectivity index (χ0n) is 10.1. The van der Waals surface area contributed by atoms with Gasteiger partial charge in [-0.2, -0.15) is 0 Å². The van der Waals surface area contributed by atoms with Crippen molar-refractivity contribution in [3.8, 4) is 0 Å². The third-order valence-corrected chi connectivity index (χ3v) is 4.14. The molecule has 0 aromatic rings. The lowest BCUT2D eigenvalue weighted by Crippen LogP contribution is -2.40. The second-order valence-electron chi connectivity index (χ2n) is 6.20. The highest BCUT2D eigenvalue weighted by atomic mass is 16.5. The predicted octanol–water partition coefficient (Wildman–Crippen LogP) is 3.15. The molecule has 0 unspecified atom stereocenters. The smallest absolute Gasteiger partial charge is 0.306 e. The average Bonchev–Trinajstić information content (AvgIpc) is 2.15. The number of hydrogen-bond acceptors (Lipinski definition) is 2. The monoisotopic (exact) mass is 210 g/mol.